The van der Waals surface area contributed by atoms with E-state index < -0.39 is 0 Å². The quantitative estimate of drug-likeness (QED) is 0.838. The van der Waals surface area contributed by atoms with E-state index in [4.69, 9.17) is 0 Å². The number of ketones is 1. The van der Waals surface area contributed by atoms with Gasteiger partial charge in [0.05, 0.1) is 6.54 Å². The van der Waals surface area contributed by atoms with Crippen LogP contribution in [0, 0.1) is 0 Å². The lowest BCUT2D eigenvalue weighted by Gasteiger charge is -2.10. The predicted molar refractivity (Wildman–Crippen MR) is 66.1 cm³/mol. The standard InChI is InChI=1S/C12H18N4O/c1-9(17)5-13-12-14-6-11(7-15-12)10-3-4-16(2)8-10/h6-7,10H,3-5,8H2,1-2H3,(H,13,14,15). The Morgan fingerprint density at radius 1 is 1.53 bits per heavy atom. The van der Waals surface area contributed by atoms with Gasteiger partial charge < -0.3 is 10.2 Å². The van der Waals surface area contributed by atoms with Gasteiger partial charge in [-0.3, -0.25) is 4.79 Å². The van der Waals surface area contributed by atoms with Crippen LogP contribution in [0.2, 0.25) is 0 Å². The average Bonchev–Trinajstić information content (AvgIpc) is 2.74. The van der Waals surface area contributed by atoms with Crippen molar-refractivity contribution in [1.29, 1.82) is 0 Å². The first-order valence-electron chi connectivity index (χ1n) is 5.89. The number of likely N-dealkylation sites (tertiary alicyclic amines) is 1. The molecular weight excluding hydrogens is 216 g/mol. The largest absolute Gasteiger partial charge is 0.347 e. The predicted octanol–water partition coefficient (Wildman–Crippen LogP) is 0.897. The summed E-state index contributed by atoms with van der Waals surface area (Å²) in [4.78, 5) is 21.6. The summed E-state index contributed by atoms with van der Waals surface area (Å²) < 4.78 is 0. The fourth-order valence-electron chi connectivity index (χ4n) is 2.05. The summed E-state index contributed by atoms with van der Waals surface area (Å²) in [5.74, 6) is 1.15. The van der Waals surface area contributed by atoms with Gasteiger partial charge in [0.15, 0.2) is 0 Å². The van der Waals surface area contributed by atoms with Crippen LogP contribution in [-0.4, -0.2) is 47.3 Å². The molecule has 1 N–H and O–H groups in total. The lowest BCUT2D eigenvalue weighted by molar-refractivity contribution is -0.115. The molecule has 1 unspecified atom stereocenters. The van der Waals surface area contributed by atoms with Crippen LogP contribution in [-0.2, 0) is 4.79 Å². The van der Waals surface area contributed by atoms with Gasteiger partial charge in [0.25, 0.3) is 0 Å². The van der Waals surface area contributed by atoms with E-state index in [1.807, 2.05) is 12.4 Å². The monoisotopic (exact) mass is 234 g/mol. The van der Waals surface area contributed by atoms with Gasteiger partial charge in [-0.2, -0.15) is 0 Å². The zero-order chi connectivity index (χ0) is 12.3. The normalized spacial score (nSPS) is 20.5. The topological polar surface area (TPSA) is 58.1 Å². The Morgan fingerprint density at radius 2 is 2.24 bits per heavy atom. The number of carbonyl (C=O) groups is 1. The highest BCUT2D eigenvalue weighted by Crippen LogP contribution is 2.25. The first kappa shape index (κ1) is 12.0. The minimum Gasteiger partial charge on any atom is -0.347 e. The maximum absolute atomic E-state index is 10.8. The molecule has 1 fully saturated rings. The van der Waals surface area contributed by atoms with Gasteiger partial charge in [-0.15, -0.1) is 0 Å². The van der Waals surface area contributed by atoms with Crippen LogP contribution in [0.4, 0.5) is 5.95 Å². The molecular formula is C12H18N4O. The molecule has 1 atom stereocenters. The molecule has 0 bridgehead atoms. The molecule has 2 heterocycles. The van der Waals surface area contributed by atoms with E-state index in [1.54, 1.807) is 0 Å². The van der Waals surface area contributed by atoms with Gasteiger partial charge in [-0.05, 0) is 32.5 Å². The number of rotatable bonds is 4. The number of aromatic nitrogens is 2. The molecule has 0 amide bonds. The lowest BCUT2D eigenvalue weighted by Crippen LogP contribution is -2.14. The van der Waals surface area contributed by atoms with E-state index in [-0.39, 0.29) is 12.3 Å². The first-order valence-corrected chi connectivity index (χ1v) is 5.89. The van der Waals surface area contributed by atoms with E-state index in [9.17, 15) is 4.79 Å². The fourth-order valence-corrected chi connectivity index (χ4v) is 2.05. The molecule has 0 spiro atoms. The Labute approximate surface area is 101 Å². The summed E-state index contributed by atoms with van der Waals surface area (Å²) in [5, 5.41) is 2.89. The SMILES string of the molecule is CC(=O)CNc1ncc(C2CCN(C)C2)cn1. The minimum absolute atomic E-state index is 0.0788. The minimum atomic E-state index is 0.0788. The zero-order valence-corrected chi connectivity index (χ0v) is 10.3. The number of anilines is 1. The molecule has 17 heavy (non-hydrogen) atoms. The highest BCUT2D eigenvalue weighted by atomic mass is 16.1. The van der Waals surface area contributed by atoms with Crippen molar-refractivity contribution in [3.63, 3.8) is 0 Å². The molecule has 1 aromatic rings. The van der Waals surface area contributed by atoms with Gasteiger partial charge in [0.1, 0.15) is 5.78 Å². The lowest BCUT2D eigenvalue weighted by atomic mass is 10.0. The molecule has 5 nitrogen and oxygen atoms in total. The van der Waals surface area contributed by atoms with E-state index >= 15 is 0 Å². The Hall–Kier alpha value is -1.49. The van der Waals surface area contributed by atoms with E-state index in [1.165, 1.54) is 18.9 Å². The van der Waals surface area contributed by atoms with Crippen LogP contribution < -0.4 is 5.32 Å². The second kappa shape index (κ2) is 5.23. The fraction of sp³-hybridized carbons (Fsp3) is 0.583. The summed E-state index contributed by atoms with van der Waals surface area (Å²) in [6.07, 6.45) is 4.89. The summed E-state index contributed by atoms with van der Waals surface area (Å²) in [6.45, 7) is 4.03. The number of likely N-dealkylation sites (N-methyl/N-ethyl adjacent to an activating group) is 1. The highest BCUT2D eigenvalue weighted by molar-refractivity contribution is 5.79. The molecule has 0 aromatic carbocycles. The van der Waals surface area contributed by atoms with Gasteiger partial charge in [-0.25, -0.2) is 9.97 Å². The van der Waals surface area contributed by atoms with Gasteiger partial charge >= 0.3 is 0 Å². The van der Waals surface area contributed by atoms with Crippen molar-refractivity contribution in [1.82, 2.24) is 14.9 Å². The summed E-state index contributed by atoms with van der Waals surface area (Å²) >= 11 is 0. The maximum Gasteiger partial charge on any atom is 0.222 e. The Bertz CT molecular complexity index is 390. The number of carbonyl (C=O) groups excluding carboxylic acids is 1. The Kier molecular flexibility index (Phi) is 3.68. The first-order chi connectivity index (χ1) is 8.15. The molecule has 1 aromatic heterocycles. The maximum atomic E-state index is 10.8. The number of hydrogen-bond acceptors (Lipinski definition) is 5. The molecule has 2 rings (SSSR count). The van der Waals surface area contributed by atoms with Crippen molar-refractivity contribution < 1.29 is 4.79 Å². The molecule has 0 radical (unpaired) electrons. The molecule has 0 aliphatic carbocycles. The molecule has 0 saturated carbocycles. The number of nitrogens with zero attached hydrogens (tertiary/aromatic N) is 3. The second-order valence-electron chi connectivity index (χ2n) is 4.64. The smallest absolute Gasteiger partial charge is 0.222 e. The molecule has 1 aliphatic rings. The molecule has 1 aliphatic heterocycles. The van der Waals surface area contributed by atoms with Crippen molar-refractivity contribution in [2.24, 2.45) is 0 Å². The van der Waals surface area contributed by atoms with E-state index in [0.29, 0.717) is 11.9 Å². The third-order valence-corrected chi connectivity index (χ3v) is 3.03. The van der Waals surface area contributed by atoms with Crippen molar-refractivity contribution in [3.05, 3.63) is 18.0 Å². The third kappa shape index (κ3) is 3.23. The van der Waals surface area contributed by atoms with Crippen LogP contribution >= 0.6 is 0 Å². The molecule has 5 heteroatoms. The highest BCUT2D eigenvalue weighted by Gasteiger charge is 2.21. The van der Waals surface area contributed by atoms with Crippen LogP contribution in [0.5, 0.6) is 0 Å². The number of nitrogens with one attached hydrogen (secondary N) is 1. The summed E-state index contributed by atoms with van der Waals surface area (Å²) in [7, 11) is 2.13. The van der Waals surface area contributed by atoms with Crippen molar-refractivity contribution in [2.75, 3.05) is 32.0 Å². The van der Waals surface area contributed by atoms with E-state index in [0.717, 1.165) is 13.1 Å². The Morgan fingerprint density at radius 3 is 2.76 bits per heavy atom. The van der Waals surface area contributed by atoms with Gasteiger partial charge in [0.2, 0.25) is 5.95 Å². The van der Waals surface area contributed by atoms with Gasteiger partial charge in [0, 0.05) is 24.9 Å². The number of Topliss-reactive ketones (excluding diaryl/α,β-unsaturated/α-hetero) is 1. The van der Waals surface area contributed by atoms with Crippen LogP contribution in [0.3, 0.4) is 0 Å². The zero-order valence-electron chi connectivity index (χ0n) is 10.3. The van der Waals surface area contributed by atoms with Crippen molar-refractivity contribution in [3.8, 4) is 0 Å². The molecule has 92 valence electrons. The van der Waals surface area contributed by atoms with Crippen LogP contribution in [0.1, 0.15) is 24.8 Å². The van der Waals surface area contributed by atoms with Crippen LogP contribution in [0.25, 0.3) is 0 Å². The van der Waals surface area contributed by atoms with E-state index in [2.05, 4.69) is 27.2 Å². The number of hydrogen-bond donors (Lipinski definition) is 1. The second-order valence-corrected chi connectivity index (χ2v) is 4.64. The van der Waals surface area contributed by atoms with Crippen LogP contribution in [0.15, 0.2) is 12.4 Å². The van der Waals surface area contributed by atoms with Crippen molar-refractivity contribution >= 4 is 11.7 Å². The van der Waals surface area contributed by atoms with Crippen molar-refractivity contribution in [2.45, 2.75) is 19.3 Å². The Balaban J connectivity index is 1.95. The summed E-state index contributed by atoms with van der Waals surface area (Å²) in [5.41, 5.74) is 1.18. The average molecular weight is 234 g/mol. The third-order valence-electron chi connectivity index (χ3n) is 3.03. The summed E-state index contributed by atoms with van der Waals surface area (Å²) in [6, 6.07) is 0. The molecule has 1 saturated heterocycles. The van der Waals surface area contributed by atoms with Gasteiger partial charge in [-0.1, -0.05) is 0 Å².